The summed E-state index contributed by atoms with van der Waals surface area (Å²) in [6.45, 7) is 24.4. The molecule has 2 heterocycles. The number of ether oxygens (including phenoxy) is 1. The molecule has 0 unspecified atom stereocenters. The van der Waals surface area contributed by atoms with E-state index >= 15 is 0 Å². The van der Waals surface area contributed by atoms with Crippen LogP contribution in [0.4, 0.5) is 17.1 Å². The molecular formula is C69H59NO2. The molecule has 0 radical (unpaired) electrons. The Morgan fingerprint density at radius 1 is 0.472 bits per heavy atom. The van der Waals surface area contributed by atoms with Crippen LogP contribution in [0.3, 0.4) is 0 Å². The van der Waals surface area contributed by atoms with Crippen molar-refractivity contribution in [2.75, 3.05) is 4.90 Å². The number of fused-ring (bicyclic) bond motifs is 19. The molecule has 3 aliphatic carbocycles. The summed E-state index contributed by atoms with van der Waals surface area (Å²) in [5.74, 6) is 0.947. The van der Waals surface area contributed by atoms with Crippen LogP contribution >= 0.6 is 0 Å². The van der Waals surface area contributed by atoms with E-state index < -0.39 is 0 Å². The lowest BCUT2D eigenvalue weighted by Crippen LogP contribution is -2.24. The summed E-state index contributed by atoms with van der Waals surface area (Å²) in [6.07, 6.45) is 0. The van der Waals surface area contributed by atoms with Crippen LogP contribution in [0.1, 0.15) is 112 Å². The molecule has 0 saturated carbocycles. The lowest BCUT2D eigenvalue weighted by molar-refractivity contribution is 0.303. The first-order valence-corrected chi connectivity index (χ1v) is 25.9. The maximum Gasteiger partial charge on any atom is 0.144 e. The van der Waals surface area contributed by atoms with Crippen molar-refractivity contribution in [1.29, 1.82) is 0 Å². The molecule has 3 heteroatoms. The van der Waals surface area contributed by atoms with Gasteiger partial charge in [0.15, 0.2) is 0 Å². The number of benzene rings is 9. The van der Waals surface area contributed by atoms with E-state index in [0.29, 0.717) is 6.61 Å². The number of hydrogen-bond acceptors (Lipinski definition) is 3. The Hall–Kier alpha value is -7.62. The van der Waals surface area contributed by atoms with E-state index in [0.717, 1.165) is 28.3 Å². The van der Waals surface area contributed by atoms with E-state index in [-0.39, 0.29) is 21.7 Å². The lowest BCUT2D eigenvalue weighted by atomic mass is 9.72. The first kappa shape index (κ1) is 43.2. The van der Waals surface area contributed by atoms with Crippen LogP contribution in [0.15, 0.2) is 168 Å². The molecule has 1 aliphatic heterocycles. The maximum atomic E-state index is 7.06. The highest BCUT2D eigenvalue weighted by Gasteiger charge is 2.49. The zero-order valence-electron chi connectivity index (χ0n) is 43.1. The van der Waals surface area contributed by atoms with Gasteiger partial charge in [-0.2, -0.15) is 0 Å². The second-order valence-corrected chi connectivity index (χ2v) is 23.6. The summed E-state index contributed by atoms with van der Waals surface area (Å²) < 4.78 is 13.7. The van der Waals surface area contributed by atoms with Crippen molar-refractivity contribution >= 4 is 39.0 Å². The topological polar surface area (TPSA) is 25.6 Å². The van der Waals surface area contributed by atoms with Crippen molar-refractivity contribution in [1.82, 2.24) is 0 Å². The van der Waals surface area contributed by atoms with Crippen LogP contribution < -0.4 is 9.64 Å². The Labute approximate surface area is 423 Å². The minimum atomic E-state index is -0.335. The number of furan rings is 1. The lowest BCUT2D eigenvalue weighted by Gasteiger charge is -2.32. The molecule has 0 N–H and O–H groups in total. The SMILES string of the molecule is Cc1ccccc1N(c1ccc2c(c1)C(C)(C)c1cc(-c3ccccc3C(C)(C)C)c3c(c1-2)-c1ccccc1OC3)c1ccc2c(c1)C(C)(C)c1c3c(c4c(oc5ccccc54)c1-2)-c1ccccc1C3(C)C. The minimum Gasteiger partial charge on any atom is -0.488 e. The van der Waals surface area contributed by atoms with Crippen LogP contribution in [0, 0.1) is 6.92 Å². The first-order valence-electron chi connectivity index (χ1n) is 25.9. The largest absolute Gasteiger partial charge is 0.488 e. The van der Waals surface area contributed by atoms with Gasteiger partial charge in [0.05, 0.1) is 0 Å². The predicted octanol–water partition coefficient (Wildman–Crippen LogP) is 18.8. The van der Waals surface area contributed by atoms with Gasteiger partial charge >= 0.3 is 0 Å². The summed E-state index contributed by atoms with van der Waals surface area (Å²) in [4.78, 5) is 2.51. The third kappa shape index (κ3) is 5.63. The Kier molecular flexibility index (Phi) is 8.70. The summed E-state index contributed by atoms with van der Waals surface area (Å²) in [7, 11) is 0. The Morgan fingerprint density at radius 3 is 1.81 bits per heavy atom. The van der Waals surface area contributed by atoms with Crippen molar-refractivity contribution in [3.05, 3.63) is 214 Å². The standard InChI is InChI=1S/C69H59NO2/c1-39-21-11-18-28-55(39)70(41-32-34-45-53(36-41)69(9,10)64-62(45)65-61(47-25-15-20-30-57(47)72-65)60-43-23-13-17-27-51(43)68(7,8)63(60)64)40-31-33-44-52(35-40)67(5,6)54-37-48(42-22-12-16-26-50(42)66(2,3)4)49-38-71-56-29-19-14-24-46(56)58(49)59(44)54/h11-37H,38H2,1-10H3. The van der Waals surface area contributed by atoms with Crippen molar-refractivity contribution in [3.8, 4) is 61.4 Å². The molecule has 0 amide bonds. The number of hydrogen-bond donors (Lipinski definition) is 0. The predicted molar refractivity (Wildman–Crippen MR) is 300 cm³/mol. The molecule has 72 heavy (non-hydrogen) atoms. The van der Waals surface area contributed by atoms with Crippen LogP contribution in [-0.4, -0.2) is 0 Å². The van der Waals surface area contributed by atoms with Gasteiger partial charge in [-0.3, -0.25) is 0 Å². The molecule has 0 saturated heterocycles. The highest BCUT2D eigenvalue weighted by atomic mass is 16.5. The highest BCUT2D eigenvalue weighted by molar-refractivity contribution is 6.21. The Bertz CT molecular complexity index is 4020. The zero-order chi connectivity index (χ0) is 49.4. The fourth-order valence-corrected chi connectivity index (χ4v) is 14.0. The van der Waals surface area contributed by atoms with E-state index in [1.807, 2.05) is 0 Å². The summed E-state index contributed by atoms with van der Waals surface area (Å²) in [5, 5.41) is 2.41. The number of nitrogens with zero attached hydrogens (tertiary/aromatic N) is 1. The Morgan fingerprint density at radius 2 is 1.06 bits per heavy atom. The number of rotatable bonds is 4. The van der Waals surface area contributed by atoms with Gasteiger partial charge in [0.25, 0.3) is 0 Å². The van der Waals surface area contributed by atoms with E-state index in [1.165, 1.54) is 122 Å². The van der Waals surface area contributed by atoms with Crippen LogP contribution in [0.2, 0.25) is 0 Å². The molecule has 3 nitrogen and oxygen atoms in total. The van der Waals surface area contributed by atoms with Gasteiger partial charge < -0.3 is 14.1 Å². The maximum absolute atomic E-state index is 7.06. The van der Waals surface area contributed by atoms with Gasteiger partial charge in [0, 0.05) is 66.3 Å². The van der Waals surface area contributed by atoms with Crippen molar-refractivity contribution < 1.29 is 9.15 Å². The number of para-hydroxylation sites is 3. The number of aryl methyl sites for hydroxylation is 1. The molecule has 10 aromatic rings. The molecule has 0 bridgehead atoms. The van der Waals surface area contributed by atoms with Gasteiger partial charge in [-0.15, -0.1) is 0 Å². The van der Waals surface area contributed by atoms with Gasteiger partial charge in [0.1, 0.15) is 23.5 Å². The average molecular weight is 934 g/mol. The molecule has 9 aromatic carbocycles. The quantitative estimate of drug-likeness (QED) is 0.176. The van der Waals surface area contributed by atoms with E-state index in [9.17, 15) is 0 Å². The third-order valence-corrected chi connectivity index (χ3v) is 17.4. The Balaban J connectivity index is 0.979. The second-order valence-electron chi connectivity index (χ2n) is 23.6. The van der Waals surface area contributed by atoms with Gasteiger partial charge in [-0.25, -0.2) is 0 Å². The van der Waals surface area contributed by atoms with Gasteiger partial charge in [-0.1, -0.05) is 178 Å². The van der Waals surface area contributed by atoms with Crippen LogP contribution in [0.5, 0.6) is 5.75 Å². The summed E-state index contributed by atoms with van der Waals surface area (Å²) in [5.41, 5.74) is 29.3. The normalized spacial score (nSPS) is 15.8. The summed E-state index contributed by atoms with van der Waals surface area (Å²) >= 11 is 0. The smallest absolute Gasteiger partial charge is 0.144 e. The number of anilines is 3. The van der Waals surface area contributed by atoms with Crippen LogP contribution in [-0.2, 0) is 28.3 Å². The first-order chi connectivity index (χ1) is 34.6. The third-order valence-electron chi connectivity index (χ3n) is 17.4. The van der Waals surface area contributed by atoms with Crippen molar-refractivity contribution in [3.63, 3.8) is 0 Å². The monoisotopic (exact) mass is 933 g/mol. The van der Waals surface area contributed by atoms with Gasteiger partial charge in [-0.05, 0) is 144 Å². The molecule has 14 rings (SSSR count). The minimum absolute atomic E-state index is 0.0416. The zero-order valence-corrected chi connectivity index (χ0v) is 43.1. The van der Waals surface area contributed by atoms with Crippen molar-refractivity contribution in [2.24, 2.45) is 0 Å². The second kappa shape index (κ2) is 14.5. The fourth-order valence-electron chi connectivity index (χ4n) is 14.0. The summed E-state index contributed by atoms with van der Waals surface area (Å²) in [6, 6.07) is 61.3. The van der Waals surface area contributed by atoms with E-state index in [1.54, 1.807) is 0 Å². The van der Waals surface area contributed by atoms with E-state index in [4.69, 9.17) is 9.15 Å². The average Bonchev–Trinajstić information content (AvgIpc) is 4.02. The van der Waals surface area contributed by atoms with Crippen LogP contribution in [0.25, 0.3) is 77.6 Å². The van der Waals surface area contributed by atoms with Gasteiger partial charge in [0.2, 0.25) is 0 Å². The van der Waals surface area contributed by atoms with Crippen molar-refractivity contribution in [2.45, 2.75) is 97.5 Å². The fraction of sp³-hybridized carbons (Fsp3) is 0.217. The molecule has 0 fully saturated rings. The molecular weight excluding hydrogens is 875 g/mol. The molecule has 352 valence electrons. The molecule has 0 spiro atoms. The molecule has 1 aromatic heterocycles. The molecule has 4 aliphatic rings. The highest BCUT2D eigenvalue weighted by Crippen LogP contribution is 2.64. The van der Waals surface area contributed by atoms with E-state index in [2.05, 4.69) is 238 Å². The molecule has 0 atom stereocenters.